The van der Waals surface area contributed by atoms with Crippen LogP contribution in [0.3, 0.4) is 0 Å². The standard InChI is InChI=1S/C39H45N5O9S/c1-37(2,3)53-36(48)42-29-13-9-8-12-24-20-39(24,54(49,50)27-15-16-27)43-35(47)38(34(40)46)21-26(22-44(38)33(29)45)52-32-19-30(23-10-6-5-7-11-23)41-31-18-25(51-4)14-17-28(31)32/h5-8,10-12,14,17-19,24,26-27,29H,9,13,15-16,20-22H2,1-4H3,(H2,40,46)(H,42,48)(H,43,47)/b12-8-/t24-,26-,29+,38+,39-/m1/s1. The Balaban J connectivity index is 1.31. The summed E-state index contributed by atoms with van der Waals surface area (Å²) in [5, 5.41) is 5.37. The predicted octanol–water partition coefficient (Wildman–Crippen LogP) is 3.77. The lowest BCUT2D eigenvalue weighted by Gasteiger charge is -2.37. The molecule has 3 aromatic rings. The smallest absolute Gasteiger partial charge is 0.408 e. The summed E-state index contributed by atoms with van der Waals surface area (Å²) in [5.41, 5.74) is 4.81. The first-order chi connectivity index (χ1) is 25.6. The first-order valence-corrected chi connectivity index (χ1v) is 19.7. The topological polar surface area (TPSA) is 196 Å². The fraction of sp³-hybridized carbons (Fsp3) is 0.462. The van der Waals surface area contributed by atoms with Gasteiger partial charge in [-0.3, -0.25) is 14.4 Å². The number of sulfone groups is 1. The number of nitrogens with zero attached hydrogens (tertiary/aromatic N) is 2. The van der Waals surface area contributed by atoms with Crippen LogP contribution in [-0.4, -0.2) is 89.2 Å². The molecule has 0 spiro atoms. The second-order valence-corrected chi connectivity index (χ2v) is 18.0. The maximum absolute atomic E-state index is 14.7. The lowest BCUT2D eigenvalue weighted by Crippen LogP contribution is -2.68. The average molecular weight is 760 g/mol. The molecule has 3 heterocycles. The van der Waals surface area contributed by atoms with Crippen LogP contribution in [0.25, 0.3) is 22.2 Å². The van der Waals surface area contributed by atoms with E-state index in [-0.39, 0.29) is 32.2 Å². The number of amides is 4. The predicted molar refractivity (Wildman–Crippen MR) is 199 cm³/mol. The van der Waals surface area contributed by atoms with Gasteiger partial charge in [-0.1, -0.05) is 42.5 Å². The van der Waals surface area contributed by atoms with Gasteiger partial charge < -0.3 is 35.5 Å². The number of ether oxygens (including phenoxy) is 3. The summed E-state index contributed by atoms with van der Waals surface area (Å²) in [6.45, 7) is 4.76. The van der Waals surface area contributed by atoms with Gasteiger partial charge in [0.1, 0.15) is 34.1 Å². The van der Waals surface area contributed by atoms with Gasteiger partial charge in [0.15, 0.2) is 9.84 Å². The van der Waals surface area contributed by atoms with E-state index in [1.807, 2.05) is 30.3 Å². The minimum absolute atomic E-state index is 0.0689. The third-order valence-corrected chi connectivity index (χ3v) is 13.4. The number of carbonyl (C=O) groups excluding carboxylic acids is 4. The zero-order valence-corrected chi connectivity index (χ0v) is 31.5. The molecule has 1 saturated heterocycles. The van der Waals surface area contributed by atoms with Crippen molar-refractivity contribution in [2.45, 2.75) is 92.7 Å². The van der Waals surface area contributed by atoms with Crippen molar-refractivity contribution in [2.75, 3.05) is 13.7 Å². The van der Waals surface area contributed by atoms with Crippen LogP contribution in [-0.2, 0) is 29.0 Å². The number of hydrogen-bond acceptors (Lipinski definition) is 10. The zero-order chi connectivity index (χ0) is 38.6. The summed E-state index contributed by atoms with van der Waals surface area (Å²) in [7, 11) is -2.31. The van der Waals surface area contributed by atoms with Crippen LogP contribution in [0.5, 0.6) is 11.5 Å². The van der Waals surface area contributed by atoms with E-state index in [4.69, 9.17) is 24.9 Å². The zero-order valence-electron chi connectivity index (χ0n) is 30.7. The summed E-state index contributed by atoms with van der Waals surface area (Å²) in [4.78, 5) is 60.4. The molecule has 5 atom stereocenters. The Hall–Kier alpha value is -5.18. The van der Waals surface area contributed by atoms with Crippen LogP contribution >= 0.6 is 0 Å². The molecule has 14 nitrogen and oxygen atoms in total. The molecular weight excluding hydrogens is 715 g/mol. The highest BCUT2D eigenvalue weighted by molar-refractivity contribution is 7.94. The van der Waals surface area contributed by atoms with Gasteiger partial charge in [0, 0.05) is 35.4 Å². The molecule has 4 N–H and O–H groups in total. The summed E-state index contributed by atoms with van der Waals surface area (Å²) < 4.78 is 45.3. The van der Waals surface area contributed by atoms with Gasteiger partial charge in [-0.25, -0.2) is 18.2 Å². The second-order valence-electron chi connectivity index (χ2n) is 15.5. The van der Waals surface area contributed by atoms with Crippen molar-refractivity contribution in [3.63, 3.8) is 0 Å². The number of fused-ring (bicyclic) bond motifs is 3. The van der Waals surface area contributed by atoms with Gasteiger partial charge in [0.2, 0.25) is 11.4 Å². The van der Waals surface area contributed by atoms with Gasteiger partial charge in [0.25, 0.3) is 11.8 Å². The number of carbonyl (C=O) groups is 4. The maximum Gasteiger partial charge on any atom is 0.408 e. The number of nitrogens with two attached hydrogens (primary N) is 1. The van der Waals surface area contributed by atoms with Gasteiger partial charge in [-0.15, -0.1) is 0 Å². The quantitative estimate of drug-likeness (QED) is 0.225. The third-order valence-electron chi connectivity index (χ3n) is 10.5. The number of benzene rings is 2. The number of methoxy groups -OCH3 is 1. The number of primary amides is 1. The van der Waals surface area contributed by atoms with Crippen LogP contribution in [0.15, 0.2) is 66.7 Å². The van der Waals surface area contributed by atoms with E-state index in [0.717, 1.165) is 10.5 Å². The van der Waals surface area contributed by atoms with E-state index in [2.05, 4.69) is 10.6 Å². The van der Waals surface area contributed by atoms with Gasteiger partial charge in [0.05, 0.1) is 30.1 Å². The monoisotopic (exact) mass is 759 g/mol. The van der Waals surface area contributed by atoms with Crippen LogP contribution < -0.4 is 25.8 Å². The minimum Gasteiger partial charge on any atom is -0.497 e. The molecule has 4 aliphatic rings. The van der Waals surface area contributed by atoms with Crippen molar-refractivity contribution >= 4 is 44.6 Å². The van der Waals surface area contributed by atoms with Crippen LogP contribution in [0, 0.1) is 5.92 Å². The Kier molecular flexibility index (Phi) is 9.35. The van der Waals surface area contributed by atoms with Gasteiger partial charge in [-0.05, 0) is 65.0 Å². The third kappa shape index (κ3) is 6.73. The van der Waals surface area contributed by atoms with E-state index >= 15 is 0 Å². The molecule has 2 aliphatic carbocycles. The average Bonchev–Trinajstić information content (AvgIpc) is 4.05. The highest BCUT2D eigenvalue weighted by Crippen LogP contribution is 2.54. The molecule has 7 rings (SSSR count). The lowest BCUT2D eigenvalue weighted by atomic mass is 9.91. The summed E-state index contributed by atoms with van der Waals surface area (Å²) in [5.74, 6) is -2.57. The van der Waals surface area contributed by atoms with Crippen molar-refractivity contribution in [2.24, 2.45) is 11.7 Å². The van der Waals surface area contributed by atoms with Gasteiger partial charge in [-0.2, -0.15) is 0 Å². The Bertz CT molecular complexity index is 2150. The van der Waals surface area contributed by atoms with E-state index < -0.39 is 73.0 Å². The molecule has 2 aliphatic heterocycles. The second kappa shape index (κ2) is 13.6. The van der Waals surface area contributed by atoms with Crippen molar-refractivity contribution in [1.82, 2.24) is 20.5 Å². The van der Waals surface area contributed by atoms with E-state index in [0.29, 0.717) is 40.9 Å². The van der Waals surface area contributed by atoms with Crippen molar-refractivity contribution in [1.29, 1.82) is 0 Å². The van der Waals surface area contributed by atoms with E-state index in [9.17, 15) is 27.6 Å². The van der Waals surface area contributed by atoms with Crippen molar-refractivity contribution in [3.8, 4) is 22.8 Å². The number of aromatic nitrogens is 1. The van der Waals surface area contributed by atoms with E-state index in [1.165, 1.54) is 0 Å². The normalized spacial score (nSPS) is 27.7. The molecule has 286 valence electrons. The van der Waals surface area contributed by atoms with Crippen LogP contribution in [0.2, 0.25) is 0 Å². The largest absolute Gasteiger partial charge is 0.497 e. The number of hydrogen-bond donors (Lipinski definition) is 3. The molecule has 0 bridgehead atoms. The van der Waals surface area contributed by atoms with Crippen LogP contribution in [0.4, 0.5) is 4.79 Å². The number of nitrogens with one attached hydrogen (secondary N) is 2. The molecule has 54 heavy (non-hydrogen) atoms. The van der Waals surface area contributed by atoms with Crippen LogP contribution in [0.1, 0.15) is 59.3 Å². The summed E-state index contributed by atoms with van der Waals surface area (Å²) >= 11 is 0. The first kappa shape index (κ1) is 37.1. The highest BCUT2D eigenvalue weighted by Gasteiger charge is 2.70. The molecule has 0 unspecified atom stereocenters. The van der Waals surface area contributed by atoms with Crippen molar-refractivity contribution in [3.05, 3.63) is 66.7 Å². The molecule has 3 fully saturated rings. The Morgan fingerprint density at radius 1 is 1.04 bits per heavy atom. The number of pyridine rings is 1. The first-order valence-electron chi connectivity index (χ1n) is 18.1. The van der Waals surface area contributed by atoms with E-state index in [1.54, 1.807) is 64.3 Å². The SMILES string of the molecule is COc1ccc2c(O[C@H]3CN4C(=O)[C@@H](NC(=O)OC(C)(C)C)CC/C=C\[C@@H]5C[C@]5(S(=O)(=O)C5CC5)NC(=O)[C@@]4(C(N)=O)C3)cc(-c3ccccc3)nc2c1. The molecule has 2 saturated carbocycles. The molecule has 0 radical (unpaired) electrons. The maximum atomic E-state index is 14.7. The molecule has 15 heteroatoms. The Morgan fingerprint density at radius 3 is 2.44 bits per heavy atom. The molecular formula is C39H45N5O9S. The molecule has 4 amide bonds. The Morgan fingerprint density at radius 2 is 1.78 bits per heavy atom. The van der Waals surface area contributed by atoms with Gasteiger partial charge >= 0.3 is 6.09 Å². The van der Waals surface area contributed by atoms with Crippen molar-refractivity contribution < 1.29 is 41.8 Å². The highest BCUT2D eigenvalue weighted by atomic mass is 32.2. The fourth-order valence-electron chi connectivity index (χ4n) is 7.54. The fourth-order valence-corrected chi connectivity index (χ4v) is 10.0. The number of allylic oxidation sites excluding steroid dienone is 1. The summed E-state index contributed by atoms with van der Waals surface area (Å²) in [6.07, 6.45) is 2.66. The number of alkyl carbamates (subject to hydrolysis) is 1. The minimum atomic E-state index is -3.86. The summed E-state index contributed by atoms with van der Waals surface area (Å²) in [6, 6.07) is 15.2. The molecule has 2 aromatic carbocycles. The lowest BCUT2D eigenvalue weighted by molar-refractivity contribution is -0.153. The molecule has 1 aromatic heterocycles. The Labute approximate surface area is 313 Å². The number of rotatable bonds is 8.